The molecule has 204 valence electrons. The minimum absolute atomic E-state index is 0.00492. The van der Waals surface area contributed by atoms with Gasteiger partial charge >= 0.3 is 19.4 Å². The Morgan fingerprint density at radius 2 is 1.92 bits per heavy atom. The predicted octanol–water partition coefficient (Wildman–Crippen LogP) is 2.24. The molecule has 1 aliphatic heterocycles. The minimum atomic E-state index is -4.73. The summed E-state index contributed by atoms with van der Waals surface area (Å²) in [5.74, 6) is -4.81. The number of carboxylic acids is 1. The fourth-order valence-corrected chi connectivity index (χ4v) is 5.46. The quantitative estimate of drug-likeness (QED) is 0.287. The number of benzene rings is 2. The number of aliphatic hydroxyl groups is 1. The molecule has 4 N–H and O–H groups in total. The van der Waals surface area contributed by atoms with E-state index in [0.717, 1.165) is 26.1 Å². The number of rotatable bonds is 9. The fourth-order valence-electron chi connectivity index (χ4n) is 3.94. The molecule has 12 nitrogen and oxygen atoms in total. The van der Waals surface area contributed by atoms with Crippen LogP contribution >= 0.6 is 7.75 Å². The molecule has 0 radical (unpaired) electrons. The number of aliphatic carboxylic acids is 1. The highest BCUT2D eigenvalue weighted by molar-refractivity contribution is 7.52. The predicted molar refractivity (Wildman–Crippen MR) is 129 cm³/mol. The van der Waals surface area contributed by atoms with Gasteiger partial charge in [0.15, 0.2) is 18.0 Å². The highest BCUT2D eigenvalue weighted by atomic mass is 31.2. The first-order valence-corrected chi connectivity index (χ1v) is 12.8. The van der Waals surface area contributed by atoms with Gasteiger partial charge in [-0.25, -0.2) is 18.1 Å². The molecule has 1 aromatic heterocycles. The monoisotopic (exact) mass is 555 g/mol. The van der Waals surface area contributed by atoms with Crippen LogP contribution in [0.5, 0.6) is 5.75 Å². The third kappa shape index (κ3) is 5.26. The summed E-state index contributed by atoms with van der Waals surface area (Å²) >= 11 is 0. The fraction of sp³-hybridized carbons (Fsp3) is 0.348. The van der Waals surface area contributed by atoms with E-state index in [1.165, 1.54) is 6.07 Å². The van der Waals surface area contributed by atoms with Gasteiger partial charge in [0.05, 0.1) is 0 Å². The summed E-state index contributed by atoms with van der Waals surface area (Å²) in [6, 6.07) is 10.9. The first-order valence-electron chi connectivity index (χ1n) is 11.2. The zero-order chi connectivity index (χ0) is 27.9. The van der Waals surface area contributed by atoms with Gasteiger partial charge in [0, 0.05) is 17.6 Å². The molecular formula is C23H24F2N3O9P. The molecular weight excluding hydrogens is 531 g/mol. The first-order chi connectivity index (χ1) is 17.8. The molecule has 6 atom stereocenters. The number of nitrogens with zero attached hydrogens (tertiary/aromatic N) is 1. The molecule has 2 heterocycles. The first kappa shape index (κ1) is 27.6. The van der Waals surface area contributed by atoms with Crippen molar-refractivity contribution in [1.29, 1.82) is 0 Å². The van der Waals surface area contributed by atoms with E-state index < -0.39 is 61.5 Å². The average molecular weight is 555 g/mol. The van der Waals surface area contributed by atoms with Crippen LogP contribution in [-0.2, 0) is 18.6 Å². The lowest BCUT2D eigenvalue weighted by atomic mass is 9.97. The number of nitrogens with one attached hydrogen (secondary N) is 2. The molecule has 15 heteroatoms. The zero-order valence-corrected chi connectivity index (χ0v) is 20.9. The molecule has 0 spiro atoms. The van der Waals surface area contributed by atoms with E-state index >= 15 is 8.78 Å². The van der Waals surface area contributed by atoms with Crippen LogP contribution in [0.4, 0.5) is 8.78 Å². The van der Waals surface area contributed by atoms with Gasteiger partial charge in [-0.1, -0.05) is 36.4 Å². The summed E-state index contributed by atoms with van der Waals surface area (Å²) in [7, 11) is -4.73. The smallest absolute Gasteiger partial charge is 0.459 e. The number of fused-ring (bicyclic) bond motifs is 1. The van der Waals surface area contributed by atoms with Gasteiger partial charge in [0.25, 0.3) is 11.4 Å². The van der Waals surface area contributed by atoms with Gasteiger partial charge in [-0.2, -0.15) is 5.09 Å². The van der Waals surface area contributed by atoms with Crippen LogP contribution in [0.15, 0.2) is 64.3 Å². The molecule has 38 heavy (non-hydrogen) atoms. The Morgan fingerprint density at radius 3 is 2.61 bits per heavy atom. The molecule has 4 rings (SSSR count). The maximum absolute atomic E-state index is 15.8. The maximum Gasteiger partial charge on any atom is 0.459 e. The number of aliphatic hydroxyl groups excluding tert-OH is 1. The van der Waals surface area contributed by atoms with Crippen LogP contribution in [0.3, 0.4) is 0 Å². The second-order valence-corrected chi connectivity index (χ2v) is 10.5. The molecule has 1 saturated heterocycles. The van der Waals surface area contributed by atoms with Crippen LogP contribution < -0.4 is 20.9 Å². The van der Waals surface area contributed by atoms with E-state index in [4.69, 9.17) is 13.8 Å². The number of alkyl halides is 2. The lowest BCUT2D eigenvalue weighted by Gasteiger charge is -2.28. The summed E-state index contributed by atoms with van der Waals surface area (Å²) in [5.41, 5.74) is -4.86. The molecule has 1 aliphatic rings. The number of H-pyrrole nitrogens is 1. The van der Waals surface area contributed by atoms with Crippen molar-refractivity contribution in [2.24, 2.45) is 0 Å². The Balaban J connectivity index is 1.64. The van der Waals surface area contributed by atoms with E-state index in [9.17, 15) is 29.2 Å². The third-order valence-electron chi connectivity index (χ3n) is 5.96. The second kappa shape index (κ2) is 10.0. The Kier molecular flexibility index (Phi) is 7.30. The Hall–Kier alpha value is -3.42. The maximum atomic E-state index is 15.8. The molecule has 3 aromatic rings. The van der Waals surface area contributed by atoms with Crippen LogP contribution in [0.1, 0.15) is 20.1 Å². The van der Waals surface area contributed by atoms with Crippen LogP contribution in [0.25, 0.3) is 10.8 Å². The molecule has 1 fully saturated rings. The molecule has 0 unspecified atom stereocenters. The Labute approximate surface area is 213 Å². The largest absolute Gasteiger partial charge is 0.480 e. The number of hydrogen-bond acceptors (Lipinski definition) is 8. The van der Waals surface area contributed by atoms with Gasteiger partial charge in [-0.15, -0.1) is 0 Å². The number of carboxylic acid groups (broad SMARTS) is 1. The Bertz CT molecular complexity index is 1520. The summed E-state index contributed by atoms with van der Waals surface area (Å²) in [4.78, 5) is 36.8. The topological polar surface area (TPSA) is 169 Å². The number of hydrogen-bond donors (Lipinski definition) is 4. The van der Waals surface area contributed by atoms with Crippen molar-refractivity contribution in [3.63, 3.8) is 0 Å². The van der Waals surface area contributed by atoms with Gasteiger partial charge < -0.3 is 19.5 Å². The number of halogens is 2. The number of carbonyl (C=O) groups is 1. The standard InChI is InChI=1S/C23H24F2N3O9P/c1-13(18(30)31)27-38(34,37-16-9-5-7-14-6-3-4-8-15(14)16)35-12-23(25)19(32)22(2,24)20(36-23)28-11-10-17(29)26-21(28)33/h3-11,13,19-20,32H,12H2,1-2H3,(H,27,34)(H,30,31)(H,26,29,33)/t13-,19-,20+,22+,23+,38+/m0/s1. The van der Waals surface area contributed by atoms with Crippen molar-refractivity contribution >= 4 is 24.5 Å². The molecule has 0 amide bonds. The number of ether oxygens (including phenoxy) is 1. The van der Waals surface area contributed by atoms with E-state index in [1.807, 2.05) is 4.98 Å². The number of aromatic nitrogens is 2. The van der Waals surface area contributed by atoms with Crippen molar-refractivity contribution in [1.82, 2.24) is 14.6 Å². The van der Waals surface area contributed by atoms with Gasteiger partial charge in [0.1, 0.15) is 18.4 Å². The summed E-state index contributed by atoms with van der Waals surface area (Å²) in [6.07, 6.45) is -3.77. The van der Waals surface area contributed by atoms with Crippen LogP contribution in [0, 0.1) is 0 Å². The molecule has 2 aromatic carbocycles. The number of aromatic amines is 1. The zero-order valence-electron chi connectivity index (χ0n) is 20.0. The molecule has 0 bridgehead atoms. The van der Waals surface area contributed by atoms with Crippen LogP contribution in [-0.4, -0.2) is 56.0 Å². The van der Waals surface area contributed by atoms with Crippen molar-refractivity contribution < 1.29 is 42.1 Å². The SMILES string of the molecule is C[C@H](N[P@@](=O)(OC[C@@]1(F)O[C@@H](n2ccc(=O)[nH]c2=O)[C@](C)(F)[C@@H]1O)Oc1cccc2ccccc12)C(=O)O. The van der Waals surface area contributed by atoms with E-state index in [1.54, 1.807) is 36.4 Å². The third-order valence-corrected chi connectivity index (χ3v) is 7.57. The van der Waals surface area contributed by atoms with Gasteiger partial charge in [-0.05, 0) is 25.3 Å². The molecule has 0 aliphatic carbocycles. The highest BCUT2D eigenvalue weighted by Gasteiger charge is 2.65. The van der Waals surface area contributed by atoms with E-state index in [-0.39, 0.29) is 5.75 Å². The summed E-state index contributed by atoms with van der Waals surface area (Å²) in [5, 5.41) is 23.1. The van der Waals surface area contributed by atoms with Crippen molar-refractivity contribution in [2.75, 3.05) is 6.61 Å². The average Bonchev–Trinajstić information content (AvgIpc) is 3.03. The Morgan fingerprint density at radius 1 is 1.24 bits per heavy atom. The van der Waals surface area contributed by atoms with Crippen molar-refractivity contribution in [3.8, 4) is 5.75 Å². The van der Waals surface area contributed by atoms with Crippen molar-refractivity contribution in [3.05, 3.63) is 75.6 Å². The van der Waals surface area contributed by atoms with Gasteiger partial charge in [0.2, 0.25) is 0 Å². The lowest BCUT2D eigenvalue weighted by Crippen LogP contribution is -2.47. The summed E-state index contributed by atoms with van der Waals surface area (Å²) < 4.78 is 61.2. The lowest BCUT2D eigenvalue weighted by molar-refractivity contribution is -0.204. The van der Waals surface area contributed by atoms with Crippen molar-refractivity contribution in [2.45, 2.75) is 43.7 Å². The van der Waals surface area contributed by atoms with E-state index in [0.29, 0.717) is 15.3 Å². The van der Waals surface area contributed by atoms with E-state index in [2.05, 4.69) is 5.09 Å². The summed E-state index contributed by atoms with van der Waals surface area (Å²) in [6.45, 7) is 0.496. The normalized spacial score (nSPS) is 27.6. The second-order valence-electron chi connectivity index (χ2n) is 8.86. The van der Waals surface area contributed by atoms with Crippen LogP contribution in [0.2, 0.25) is 0 Å². The highest BCUT2D eigenvalue weighted by Crippen LogP contribution is 2.52. The van der Waals surface area contributed by atoms with Gasteiger partial charge in [-0.3, -0.25) is 23.7 Å². The minimum Gasteiger partial charge on any atom is -0.480 e. The molecule has 0 saturated carbocycles.